The lowest BCUT2D eigenvalue weighted by Gasteiger charge is -2.27. The van der Waals surface area contributed by atoms with Crippen LogP contribution in [0.5, 0.6) is 5.75 Å². The maximum absolute atomic E-state index is 11.1. The van der Waals surface area contributed by atoms with Gasteiger partial charge in [0.25, 0.3) is 0 Å². The molecule has 1 aliphatic heterocycles. The first-order valence-electron chi connectivity index (χ1n) is 5.75. The van der Waals surface area contributed by atoms with E-state index in [-0.39, 0.29) is 17.1 Å². The molecule has 2 rings (SSSR count). The van der Waals surface area contributed by atoms with Crippen molar-refractivity contribution >= 4 is 17.1 Å². The van der Waals surface area contributed by atoms with E-state index in [2.05, 4.69) is 0 Å². The Morgan fingerprint density at radius 3 is 2.63 bits per heavy atom. The number of hydrogen-bond donors (Lipinski definition) is 1. The first-order valence-corrected chi connectivity index (χ1v) is 5.75. The summed E-state index contributed by atoms with van der Waals surface area (Å²) in [5.74, 6) is 0.0559. The highest BCUT2D eigenvalue weighted by Gasteiger charge is 2.33. The zero-order valence-electron chi connectivity index (χ0n) is 10.4. The molecule has 0 spiro atoms. The van der Waals surface area contributed by atoms with Crippen molar-refractivity contribution in [2.75, 3.05) is 38.3 Å². The molecule has 1 aromatic carbocycles. The number of rotatable bonds is 4. The fourth-order valence-corrected chi connectivity index (χ4v) is 2.08. The average Bonchev–Trinajstić information content (AvgIpc) is 2.46. The van der Waals surface area contributed by atoms with E-state index in [0.29, 0.717) is 32.0 Å². The lowest BCUT2D eigenvalue weighted by Crippen LogP contribution is -2.57. The number of anilines is 1. The van der Waals surface area contributed by atoms with Crippen LogP contribution in [0, 0.1) is 15.0 Å². The molecule has 0 aliphatic carbocycles. The highest BCUT2D eigenvalue weighted by molar-refractivity contribution is 5.76. The molecule has 0 saturated carbocycles. The third kappa shape index (κ3) is 2.48. The van der Waals surface area contributed by atoms with E-state index in [1.165, 1.54) is 13.2 Å². The number of nitro groups is 1. The Morgan fingerprint density at radius 1 is 1.42 bits per heavy atom. The Hall–Kier alpha value is -2.22. The van der Waals surface area contributed by atoms with Gasteiger partial charge in [-0.05, 0) is 12.1 Å². The summed E-state index contributed by atoms with van der Waals surface area (Å²) in [5, 5.41) is 12.8. The fraction of sp³-hybridized carbons (Fsp3) is 0.455. The van der Waals surface area contributed by atoms with Crippen LogP contribution in [0.3, 0.4) is 0 Å². The Morgan fingerprint density at radius 2 is 2.11 bits per heavy atom. The highest BCUT2D eigenvalue weighted by atomic mass is 16.6. The van der Waals surface area contributed by atoms with E-state index in [0.717, 1.165) is 0 Å². The number of hydrogen-bond acceptors (Lipinski definition) is 6. The molecular weight excluding hydrogens is 254 g/mol. The van der Waals surface area contributed by atoms with Crippen LogP contribution < -0.4 is 14.8 Å². The Labute approximate surface area is 109 Å². The lowest BCUT2D eigenvalue weighted by molar-refractivity contribution is -0.421. The Balaban J connectivity index is 2.52. The van der Waals surface area contributed by atoms with E-state index in [9.17, 15) is 15.0 Å². The van der Waals surface area contributed by atoms with E-state index in [1.807, 2.05) is 4.90 Å². The van der Waals surface area contributed by atoms with Crippen LogP contribution in [0.4, 0.5) is 17.1 Å². The van der Waals surface area contributed by atoms with Gasteiger partial charge in [-0.2, -0.15) is 0 Å². The van der Waals surface area contributed by atoms with Crippen LogP contribution in [-0.2, 0) is 4.74 Å². The maximum atomic E-state index is 11.1. The summed E-state index contributed by atoms with van der Waals surface area (Å²) in [5.41, 5.74) is 0.0681. The molecule has 0 unspecified atom stereocenters. The third-order valence-electron chi connectivity index (χ3n) is 2.98. The number of nitroso groups, excluding NO2 is 1. The molecule has 0 bridgehead atoms. The van der Waals surface area contributed by atoms with Gasteiger partial charge in [-0.3, -0.25) is 10.1 Å². The molecular formula is C11H14N3O5+. The number of nitrogens with one attached hydrogen (secondary N) is 1. The largest absolute Gasteiger partial charge is 0.490 e. The molecule has 8 nitrogen and oxygen atoms in total. The van der Waals surface area contributed by atoms with Crippen LogP contribution in [0.15, 0.2) is 12.1 Å². The van der Waals surface area contributed by atoms with Crippen LogP contribution >= 0.6 is 0 Å². The van der Waals surface area contributed by atoms with Gasteiger partial charge in [0.15, 0.2) is 0 Å². The molecule has 1 aliphatic rings. The monoisotopic (exact) mass is 268 g/mol. The second-order valence-corrected chi connectivity index (χ2v) is 3.97. The summed E-state index contributed by atoms with van der Waals surface area (Å²) in [6.07, 6.45) is 0. The van der Waals surface area contributed by atoms with E-state index < -0.39 is 4.92 Å². The topological polar surface area (TPSA) is 95.9 Å². The normalized spacial score (nSPS) is 15.1. The standard InChI is InChI=1S/C11H13N3O5/c1-18-9-3-2-8(13-4-6-19-7-5-13)10(12-15)11(9)14(16)17/h2-3H,4-7H2,1H3/p+1. The predicted molar refractivity (Wildman–Crippen MR) is 66.7 cm³/mol. The van der Waals surface area contributed by atoms with Crippen molar-refractivity contribution in [3.05, 3.63) is 27.2 Å². The van der Waals surface area contributed by atoms with Gasteiger partial charge in [0, 0.05) is 23.2 Å². The highest BCUT2D eigenvalue weighted by Crippen LogP contribution is 2.38. The van der Waals surface area contributed by atoms with Gasteiger partial charge >= 0.3 is 11.4 Å². The second kappa shape index (κ2) is 5.61. The molecule has 8 heteroatoms. The first kappa shape index (κ1) is 13.2. The van der Waals surface area contributed by atoms with Crippen LogP contribution in [0.25, 0.3) is 0 Å². The van der Waals surface area contributed by atoms with Gasteiger partial charge in [-0.1, -0.05) is 0 Å². The number of methoxy groups -OCH3 is 1. The van der Waals surface area contributed by atoms with Crippen molar-refractivity contribution < 1.29 is 19.6 Å². The first-order chi connectivity index (χ1) is 9.19. The Bertz CT molecular complexity index is 499. The minimum absolute atomic E-state index is 0.0559. The number of nitrogens with zero attached hydrogens (tertiary/aromatic N) is 2. The summed E-state index contributed by atoms with van der Waals surface area (Å²) in [6.45, 7) is 2.21. The fourth-order valence-electron chi connectivity index (χ4n) is 2.08. The molecule has 1 N–H and O–H groups in total. The van der Waals surface area contributed by atoms with Crippen molar-refractivity contribution in [1.82, 2.24) is 0 Å². The SMILES string of the molecule is COc1ccc(N2CCOCC2)c([NH+]=O)c1[N+](=O)[O-]. The maximum Gasteiger partial charge on any atom is 0.387 e. The summed E-state index contributed by atoms with van der Waals surface area (Å²) in [4.78, 5) is 23.5. The molecule has 1 fully saturated rings. The van der Waals surface area contributed by atoms with Crippen LogP contribution in [0.2, 0.25) is 0 Å². The summed E-state index contributed by atoms with van der Waals surface area (Å²) >= 11 is 0. The average molecular weight is 268 g/mol. The molecule has 0 atom stereocenters. The van der Waals surface area contributed by atoms with Gasteiger partial charge in [0.1, 0.15) is 5.69 Å². The molecule has 1 heterocycles. The molecule has 102 valence electrons. The molecule has 19 heavy (non-hydrogen) atoms. The van der Waals surface area contributed by atoms with Gasteiger partial charge in [-0.25, -0.2) is 0 Å². The van der Waals surface area contributed by atoms with Crippen LogP contribution in [-0.4, -0.2) is 38.3 Å². The van der Waals surface area contributed by atoms with Crippen molar-refractivity contribution in [1.29, 1.82) is 0 Å². The van der Waals surface area contributed by atoms with Crippen molar-refractivity contribution in [2.45, 2.75) is 0 Å². The zero-order chi connectivity index (χ0) is 13.8. The van der Waals surface area contributed by atoms with Crippen molar-refractivity contribution in [2.24, 2.45) is 0 Å². The van der Waals surface area contributed by atoms with Crippen molar-refractivity contribution in [3.8, 4) is 5.75 Å². The van der Waals surface area contributed by atoms with Gasteiger partial charge < -0.3 is 14.4 Å². The molecule has 0 amide bonds. The van der Waals surface area contributed by atoms with E-state index in [1.54, 1.807) is 11.2 Å². The molecule has 0 aromatic heterocycles. The lowest BCUT2D eigenvalue weighted by atomic mass is 10.2. The number of benzene rings is 1. The Kier molecular flexibility index (Phi) is 3.91. The van der Waals surface area contributed by atoms with E-state index in [4.69, 9.17) is 9.47 Å². The minimum Gasteiger partial charge on any atom is -0.490 e. The zero-order valence-corrected chi connectivity index (χ0v) is 10.4. The smallest absolute Gasteiger partial charge is 0.387 e. The molecule has 1 saturated heterocycles. The predicted octanol–water partition coefficient (Wildman–Crippen LogP) is -0.0815. The minimum atomic E-state index is -0.622. The quantitative estimate of drug-likeness (QED) is 0.606. The third-order valence-corrected chi connectivity index (χ3v) is 2.98. The van der Waals surface area contributed by atoms with Gasteiger partial charge in [-0.15, -0.1) is 0 Å². The van der Waals surface area contributed by atoms with Crippen molar-refractivity contribution in [3.63, 3.8) is 0 Å². The number of morpholine rings is 1. The summed E-state index contributed by atoms with van der Waals surface area (Å²) in [7, 11) is 1.32. The van der Waals surface area contributed by atoms with Crippen LogP contribution in [0.1, 0.15) is 0 Å². The number of ether oxygens (including phenoxy) is 2. The summed E-state index contributed by atoms with van der Waals surface area (Å²) < 4.78 is 10.1. The second-order valence-electron chi connectivity index (χ2n) is 3.97. The van der Waals surface area contributed by atoms with Gasteiger partial charge in [0.2, 0.25) is 5.75 Å². The molecule has 1 aromatic rings. The van der Waals surface area contributed by atoms with E-state index >= 15 is 0 Å². The number of nitro benzene ring substituents is 1. The molecule has 0 radical (unpaired) electrons. The van der Waals surface area contributed by atoms with Gasteiger partial charge in [0.05, 0.1) is 25.2 Å². The summed E-state index contributed by atoms with van der Waals surface area (Å²) in [6, 6.07) is 3.13.